The van der Waals surface area contributed by atoms with Crippen LogP contribution in [0.15, 0.2) is 18.3 Å². The van der Waals surface area contributed by atoms with Gasteiger partial charge in [0.2, 0.25) is 0 Å². The highest BCUT2D eigenvalue weighted by Gasteiger charge is 2.17. The predicted octanol–water partition coefficient (Wildman–Crippen LogP) is 2.25. The second kappa shape index (κ2) is 4.90. The summed E-state index contributed by atoms with van der Waals surface area (Å²) in [4.78, 5) is 4.38. The van der Waals surface area contributed by atoms with Gasteiger partial charge < -0.3 is 5.73 Å². The molecular formula is C14H20N4. The van der Waals surface area contributed by atoms with E-state index in [2.05, 4.69) is 30.9 Å². The van der Waals surface area contributed by atoms with Crippen LogP contribution in [0.3, 0.4) is 0 Å². The topological polar surface area (TPSA) is 56.7 Å². The molecule has 2 rings (SSSR count). The Balaban J connectivity index is 2.54. The summed E-state index contributed by atoms with van der Waals surface area (Å²) in [5, 5.41) is 4.59. The monoisotopic (exact) mass is 244 g/mol. The number of pyridine rings is 1. The SMILES string of the molecule is Cc1ccnc(-n2nc(C)c(C(C)CN)c2C)c1. The summed E-state index contributed by atoms with van der Waals surface area (Å²) < 4.78 is 1.91. The van der Waals surface area contributed by atoms with Gasteiger partial charge in [-0.05, 0) is 50.9 Å². The van der Waals surface area contributed by atoms with E-state index in [4.69, 9.17) is 5.73 Å². The third-order valence-electron chi connectivity index (χ3n) is 3.31. The summed E-state index contributed by atoms with van der Waals surface area (Å²) in [6.45, 7) is 8.92. The van der Waals surface area contributed by atoms with Crippen molar-refractivity contribution in [1.29, 1.82) is 0 Å². The van der Waals surface area contributed by atoms with Crippen LogP contribution in [0.1, 0.15) is 35.4 Å². The Kier molecular flexibility index (Phi) is 3.48. The maximum atomic E-state index is 5.76. The van der Waals surface area contributed by atoms with E-state index in [0.717, 1.165) is 17.2 Å². The molecule has 0 radical (unpaired) electrons. The minimum atomic E-state index is 0.323. The Morgan fingerprint density at radius 1 is 1.33 bits per heavy atom. The molecule has 4 heteroatoms. The van der Waals surface area contributed by atoms with E-state index in [0.29, 0.717) is 12.5 Å². The van der Waals surface area contributed by atoms with Gasteiger partial charge in [-0.1, -0.05) is 6.92 Å². The number of hydrogen-bond donors (Lipinski definition) is 1. The first-order valence-corrected chi connectivity index (χ1v) is 6.23. The van der Waals surface area contributed by atoms with Crippen molar-refractivity contribution in [2.75, 3.05) is 6.54 Å². The second-order valence-corrected chi connectivity index (χ2v) is 4.82. The molecule has 2 heterocycles. The van der Waals surface area contributed by atoms with E-state index in [1.54, 1.807) is 0 Å². The maximum absolute atomic E-state index is 5.76. The summed E-state index contributed by atoms with van der Waals surface area (Å²) in [7, 11) is 0. The molecule has 0 spiro atoms. The van der Waals surface area contributed by atoms with E-state index in [-0.39, 0.29) is 0 Å². The molecule has 2 aromatic rings. The lowest BCUT2D eigenvalue weighted by atomic mass is 9.99. The molecule has 0 aliphatic heterocycles. The fraction of sp³-hybridized carbons (Fsp3) is 0.429. The van der Waals surface area contributed by atoms with Crippen molar-refractivity contribution in [3.63, 3.8) is 0 Å². The number of nitrogens with zero attached hydrogens (tertiary/aromatic N) is 3. The first-order valence-electron chi connectivity index (χ1n) is 6.23. The average Bonchev–Trinajstić information content (AvgIpc) is 2.64. The largest absolute Gasteiger partial charge is 0.330 e. The van der Waals surface area contributed by atoms with Crippen molar-refractivity contribution in [2.45, 2.75) is 33.6 Å². The summed E-state index contributed by atoms with van der Waals surface area (Å²) in [6, 6.07) is 4.02. The standard InChI is InChI=1S/C14H20N4/c1-9-5-6-16-13(7-9)18-12(4)14(10(2)8-15)11(3)17-18/h5-7,10H,8,15H2,1-4H3. The highest BCUT2D eigenvalue weighted by atomic mass is 15.3. The molecule has 0 saturated carbocycles. The molecule has 0 saturated heterocycles. The Hall–Kier alpha value is -1.68. The van der Waals surface area contributed by atoms with Crippen molar-refractivity contribution >= 4 is 0 Å². The van der Waals surface area contributed by atoms with Crippen LogP contribution in [0.5, 0.6) is 0 Å². The molecule has 96 valence electrons. The fourth-order valence-corrected chi connectivity index (χ4v) is 2.34. The third-order valence-corrected chi connectivity index (χ3v) is 3.31. The van der Waals surface area contributed by atoms with Crippen LogP contribution in [-0.2, 0) is 0 Å². The molecule has 0 aromatic carbocycles. The lowest BCUT2D eigenvalue weighted by Gasteiger charge is -2.09. The zero-order chi connectivity index (χ0) is 13.3. The zero-order valence-corrected chi connectivity index (χ0v) is 11.4. The minimum Gasteiger partial charge on any atom is -0.330 e. The van der Waals surface area contributed by atoms with Crippen molar-refractivity contribution in [3.05, 3.63) is 40.8 Å². The Morgan fingerprint density at radius 2 is 2.06 bits per heavy atom. The van der Waals surface area contributed by atoms with E-state index in [1.807, 2.05) is 29.9 Å². The van der Waals surface area contributed by atoms with Gasteiger partial charge in [0.1, 0.15) is 0 Å². The summed E-state index contributed by atoms with van der Waals surface area (Å²) >= 11 is 0. The molecule has 2 aromatic heterocycles. The summed E-state index contributed by atoms with van der Waals surface area (Å²) in [5.41, 5.74) is 10.3. The van der Waals surface area contributed by atoms with Gasteiger partial charge in [0.25, 0.3) is 0 Å². The first kappa shape index (κ1) is 12.8. The van der Waals surface area contributed by atoms with E-state index in [1.165, 1.54) is 11.1 Å². The highest BCUT2D eigenvalue weighted by molar-refractivity contribution is 5.36. The molecule has 0 aliphatic rings. The van der Waals surface area contributed by atoms with Gasteiger partial charge in [0.15, 0.2) is 5.82 Å². The van der Waals surface area contributed by atoms with Crippen LogP contribution in [0.25, 0.3) is 5.82 Å². The van der Waals surface area contributed by atoms with Crippen molar-refractivity contribution < 1.29 is 0 Å². The predicted molar refractivity (Wildman–Crippen MR) is 73.0 cm³/mol. The second-order valence-electron chi connectivity index (χ2n) is 4.82. The summed E-state index contributed by atoms with van der Waals surface area (Å²) in [5.74, 6) is 1.19. The quantitative estimate of drug-likeness (QED) is 0.901. The van der Waals surface area contributed by atoms with Gasteiger partial charge in [0.05, 0.1) is 5.69 Å². The molecular weight excluding hydrogens is 224 g/mol. The van der Waals surface area contributed by atoms with Crippen molar-refractivity contribution in [3.8, 4) is 5.82 Å². The van der Waals surface area contributed by atoms with Gasteiger partial charge in [-0.15, -0.1) is 0 Å². The number of hydrogen-bond acceptors (Lipinski definition) is 3. The average molecular weight is 244 g/mol. The van der Waals surface area contributed by atoms with Gasteiger partial charge in [-0.3, -0.25) is 0 Å². The molecule has 0 bridgehead atoms. The van der Waals surface area contributed by atoms with E-state index in [9.17, 15) is 0 Å². The summed E-state index contributed by atoms with van der Waals surface area (Å²) in [6.07, 6.45) is 1.81. The Morgan fingerprint density at radius 3 is 2.67 bits per heavy atom. The number of rotatable bonds is 3. The molecule has 0 aliphatic carbocycles. The normalized spacial score (nSPS) is 12.7. The van der Waals surface area contributed by atoms with E-state index >= 15 is 0 Å². The minimum absolute atomic E-state index is 0.323. The maximum Gasteiger partial charge on any atom is 0.153 e. The van der Waals surface area contributed by atoms with Gasteiger partial charge in [0, 0.05) is 17.5 Å². The van der Waals surface area contributed by atoms with Gasteiger partial charge >= 0.3 is 0 Å². The highest BCUT2D eigenvalue weighted by Crippen LogP contribution is 2.24. The zero-order valence-electron chi connectivity index (χ0n) is 11.4. The van der Waals surface area contributed by atoms with Gasteiger partial charge in [-0.2, -0.15) is 5.10 Å². The van der Waals surface area contributed by atoms with Crippen LogP contribution in [0.4, 0.5) is 0 Å². The number of aromatic nitrogens is 3. The van der Waals surface area contributed by atoms with Crippen molar-refractivity contribution in [1.82, 2.24) is 14.8 Å². The molecule has 18 heavy (non-hydrogen) atoms. The van der Waals surface area contributed by atoms with Crippen molar-refractivity contribution in [2.24, 2.45) is 5.73 Å². The smallest absolute Gasteiger partial charge is 0.153 e. The van der Waals surface area contributed by atoms with Crippen LogP contribution in [0.2, 0.25) is 0 Å². The molecule has 1 unspecified atom stereocenters. The molecule has 2 N–H and O–H groups in total. The van der Waals surface area contributed by atoms with Crippen LogP contribution in [-0.4, -0.2) is 21.3 Å². The number of nitrogens with two attached hydrogens (primary N) is 1. The van der Waals surface area contributed by atoms with Crippen LogP contribution < -0.4 is 5.73 Å². The van der Waals surface area contributed by atoms with E-state index < -0.39 is 0 Å². The molecule has 4 nitrogen and oxygen atoms in total. The number of aryl methyl sites for hydroxylation is 2. The lowest BCUT2D eigenvalue weighted by Crippen LogP contribution is -2.11. The first-order chi connectivity index (χ1) is 8.54. The fourth-order valence-electron chi connectivity index (χ4n) is 2.34. The van der Waals surface area contributed by atoms with Crippen LogP contribution in [0, 0.1) is 20.8 Å². The third kappa shape index (κ3) is 2.16. The van der Waals surface area contributed by atoms with Gasteiger partial charge in [-0.25, -0.2) is 9.67 Å². The molecule has 0 amide bonds. The molecule has 0 fully saturated rings. The lowest BCUT2D eigenvalue weighted by molar-refractivity contribution is 0.757. The molecule has 1 atom stereocenters. The van der Waals surface area contributed by atoms with Crippen LogP contribution >= 0.6 is 0 Å². The Labute approximate surface area is 108 Å². The Bertz CT molecular complexity index is 557.